The molecule has 3 rings (SSSR count). The van der Waals surface area contributed by atoms with Crippen LogP contribution in [0.3, 0.4) is 0 Å². The molecule has 0 spiro atoms. The summed E-state index contributed by atoms with van der Waals surface area (Å²) in [6, 6.07) is 16.2. The van der Waals surface area contributed by atoms with E-state index in [1.807, 2.05) is 68.7 Å². The SMILES string of the molecule is Cc1ccc(C)c(NC(=O)C(C)Sc2nnc(C)n2Cc2ccccc2)c1. The molecule has 5 nitrogen and oxygen atoms in total. The van der Waals surface area contributed by atoms with Crippen molar-refractivity contribution < 1.29 is 4.79 Å². The predicted octanol–water partition coefficient (Wildman–Crippen LogP) is 4.37. The first-order valence-electron chi connectivity index (χ1n) is 8.92. The Morgan fingerprint density at radius 2 is 1.85 bits per heavy atom. The summed E-state index contributed by atoms with van der Waals surface area (Å²) in [5.74, 6) is 0.795. The van der Waals surface area contributed by atoms with Crippen LogP contribution in [0.15, 0.2) is 53.7 Å². The lowest BCUT2D eigenvalue weighted by Gasteiger charge is -2.15. The molecule has 0 aliphatic carbocycles. The molecule has 1 N–H and O–H groups in total. The Morgan fingerprint density at radius 1 is 1.11 bits per heavy atom. The summed E-state index contributed by atoms with van der Waals surface area (Å²) in [6.45, 7) is 8.52. The van der Waals surface area contributed by atoms with Crippen molar-refractivity contribution in [1.29, 1.82) is 0 Å². The highest BCUT2D eigenvalue weighted by Crippen LogP contribution is 2.25. The van der Waals surface area contributed by atoms with E-state index in [4.69, 9.17) is 0 Å². The molecule has 0 radical (unpaired) electrons. The van der Waals surface area contributed by atoms with Crippen molar-refractivity contribution >= 4 is 23.4 Å². The van der Waals surface area contributed by atoms with Crippen molar-refractivity contribution in [3.63, 3.8) is 0 Å². The van der Waals surface area contributed by atoms with Crippen molar-refractivity contribution in [2.45, 2.75) is 44.6 Å². The first-order valence-corrected chi connectivity index (χ1v) is 9.80. The molecule has 3 aromatic rings. The van der Waals surface area contributed by atoms with E-state index in [1.54, 1.807) is 0 Å². The van der Waals surface area contributed by atoms with Gasteiger partial charge in [0.1, 0.15) is 5.82 Å². The Bertz CT molecular complexity index is 937. The van der Waals surface area contributed by atoms with E-state index in [0.717, 1.165) is 27.8 Å². The lowest BCUT2D eigenvalue weighted by molar-refractivity contribution is -0.115. The molecule has 0 aliphatic rings. The lowest BCUT2D eigenvalue weighted by Crippen LogP contribution is -2.23. The van der Waals surface area contributed by atoms with Crippen molar-refractivity contribution in [2.75, 3.05) is 5.32 Å². The van der Waals surface area contributed by atoms with E-state index in [2.05, 4.69) is 27.6 Å². The van der Waals surface area contributed by atoms with Gasteiger partial charge in [-0.2, -0.15) is 0 Å². The summed E-state index contributed by atoms with van der Waals surface area (Å²) in [6.07, 6.45) is 0. The molecule has 0 saturated heterocycles. The van der Waals surface area contributed by atoms with E-state index in [0.29, 0.717) is 6.54 Å². The molecule has 1 heterocycles. The Labute approximate surface area is 164 Å². The van der Waals surface area contributed by atoms with E-state index in [-0.39, 0.29) is 11.2 Å². The molecule has 0 aliphatic heterocycles. The Morgan fingerprint density at radius 3 is 2.59 bits per heavy atom. The van der Waals surface area contributed by atoms with Crippen LogP contribution in [0.25, 0.3) is 0 Å². The zero-order valence-corrected chi connectivity index (χ0v) is 16.9. The van der Waals surface area contributed by atoms with Gasteiger partial charge in [0.2, 0.25) is 5.91 Å². The normalized spacial score (nSPS) is 12.0. The number of aromatic nitrogens is 3. The third-order valence-electron chi connectivity index (χ3n) is 4.39. The van der Waals surface area contributed by atoms with E-state index in [9.17, 15) is 4.79 Å². The number of thioether (sulfide) groups is 1. The summed E-state index contributed by atoms with van der Waals surface area (Å²) in [5, 5.41) is 12.0. The maximum Gasteiger partial charge on any atom is 0.237 e. The van der Waals surface area contributed by atoms with Crippen molar-refractivity contribution in [3.05, 3.63) is 71.0 Å². The Kier molecular flexibility index (Phi) is 5.96. The van der Waals surface area contributed by atoms with Crippen LogP contribution in [0.2, 0.25) is 0 Å². The first-order chi connectivity index (χ1) is 12.9. The standard InChI is InChI=1S/C21H24N4OS/c1-14-10-11-15(2)19(12-14)22-20(26)16(3)27-21-24-23-17(4)25(21)13-18-8-6-5-7-9-18/h5-12,16H,13H2,1-4H3,(H,22,26). The summed E-state index contributed by atoms with van der Waals surface area (Å²) < 4.78 is 2.04. The van der Waals surface area contributed by atoms with Gasteiger partial charge in [-0.15, -0.1) is 10.2 Å². The van der Waals surface area contributed by atoms with Crippen LogP contribution in [0.1, 0.15) is 29.4 Å². The van der Waals surface area contributed by atoms with Gasteiger partial charge in [0, 0.05) is 5.69 Å². The number of benzene rings is 2. The highest BCUT2D eigenvalue weighted by Gasteiger charge is 2.20. The number of hydrogen-bond donors (Lipinski definition) is 1. The number of rotatable bonds is 6. The Hall–Kier alpha value is -2.60. The minimum atomic E-state index is -0.289. The summed E-state index contributed by atoms with van der Waals surface area (Å²) >= 11 is 1.42. The molecule has 2 aromatic carbocycles. The van der Waals surface area contributed by atoms with Crippen LogP contribution in [0.5, 0.6) is 0 Å². The molecule has 140 valence electrons. The number of nitrogens with one attached hydrogen (secondary N) is 1. The summed E-state index contributed by atoms with van der Waals surface area (Å²) in [5.41, 5.74) is 4.20. The van der Waals surface area contributed by atoms with E-state index in [1.165, 1.54) is 17.3 Å². The fourth-order valence-corrected chi connectivity index (χ4v) is 3.61. The minimum Gasteiger partial charge on any atom is -0.325 e. The van der Waals surface area contributed by atoms with Crippen molar-refractivity contribution in [2.24, 2.45) is 0 Å². The number of amides is 1. The zero-order chi connectivity index (χ0) is 19.4. The quantitative estimate of drug-likeness (QED) is 0.645. The maximum absolute atomic E-state index is 12.7. The number of carbonyl (C=O) groups excluding carboxylic acids is 1. The molecule has 0 bridgehead atoms. The minimum absolute atomic E-state index is 0.0411. The number of nitrogens with zero attached hydrogens (tertiary/aromatic N) is 3. The largest absolute Gasteiger partial charge is 0.325 e. The van der Waals surface area contributed by atoms with Crippen LogP contribution in [-0.2, 0) is 11.3 Å². The molecule has 0 fully saturated rings. The molecule has 1 aromatic heterocycles. The third-order valence-corrected chi connectivity index (χ3v) is 5.47. The molecule has 6 heteroatoms. The van der Waals surface area contributed by atoms with E-state index >= 15 is 0 Å². The van der Waals surface area contributed by atoms with Crippen LogP contribution in [0.4, 0.5) is 5.69 Å². The molecule has 1 atom stereocenters. The van der Waals surface area contributed by atoms with E-state index < -0.39 is 0 Å². The fourth-order valence-electron chi connectivity index (χ4n) is 2.71. The van der Waals surface area contributed by atoms with Gasteiger partial charge < -0.3 is 9.88 Å². The average Bonchev–Trinajstić information content (AvgIpc) is 2.99. The number of aryl methyl sites for hydroxylation is 3. The third kappa shape index (κ3) is 4.77. The second kappa shape index (κ2) is 8.39. The highest BCUT2D eigenvalue weighted by atomic mass is 32.2. The van der Waals surface area contributed by atoms with Gasteiger partial charge in [0.15, 0.2) is 5.16 Å². The topological polar surface area (TPSA) is 59.8 Å². The van der Waals surface area contributed by atoms with Gasteiger partial charge in [-0.25, -0.2) is 0 Å². The second-order valence-corrected chi connectivity index (χ2v) is 7.98. The first kappa shape index (κ1) is 19.2. The lowest BCUT2D eigenvalue weighted by atomic mass is 10.1. The van der Waals surface area contributed by atoms with Crippen LogP contribution in [-0.4, -0.2) is 25.9 Å². The van der Waals surface area contributed by atoms with Crippen molar-refractivity contribution in [1.82, 2.24) is 14.8 Å². The highest BCUT2D eigenvalue weighted by molar-refractivity contribution is 8.00. The molecule has 1 amide bonds. The zero-order valence-electron chi connectivity index (χ0n) is 16.1. The van der Waals surface area contributed by atoms with Gasteiger partial charge in [-0.3, -0.25) is 4.79 Å². The average molecular weight is 381 g/mol. The number of carbonyl (C=O) groups is 1. The fraction of sp³-hybridized carbons (Fsp3) is 0.286. The molecule has 27 heavy (non-hydrogen) atoms. The van der Waals surface area contributed by atoms with Crippen LogP contribution >= 0.6 is 11.8 Å². The molecule has 1 unspecified atom stereocenters. The number of anilines is 1. The predicted molar refractivity (Wildman–Crippen MR) is 110 cm³/mol. The summed E-state index contributed by atoms with van der Waals surface area (Å²) in [4.78, 5) is 12.7. The monoisotopic (exact) mass is 380 g/mol. The van der Waals surface area contributed by atoms with Crippen LogP contribution < -0.4 is 5.32 Å². The molecule has 0 saturated carbocycles. The van der Waals surface area contributed by atoms with Gasteiger partial charge in [0.05, 0.1) is 11.8 Å². The van der Waals surface area contributed by atoms with Crippen LogP contribution in [0, 0.1) is 20.8 Å². The van der Waals surface area contributed by atoms with Crippen molar-refractivity contribution in [3.8, 4) is 0 Å². The maximum atomic E-state index is 12.7. The second-order valence-electron chi connectivity index (χ2n) is 6.67. The Balaban J connectivity index is 1.71. The molecular formula is C21H24N4OS. The smallest absolute Gasteiger partial charge is 0.237 e. The number of hydrogen-bond acceptors (Lipinski definition) is 4. The summed E-state index contributed by atoms with van der Waals surface area (Å²) in [7, 11) is 0. The van der Waals surface area contributed by atoms with Gasteiger partial charge in [0.25, 0.3) is 0 Å². The van der Waals surface area contributed by atoms with Gasteiger partial charge in [-0.1, -0.05) is 54.2 Å². The van der Waals surface area contributed by atoms with Gasteiger partial charge in [-0.05, 0) is 50.5 Å². The van der Waals surface area contributed by atoms with Gasteiger partial charge >= 0.3 is 0 Å². The molecular weight excluding hydrogens is 356 g/mol.